The lowest BCUT2D eigenvalue weighted by molar-refractivity contribution is 0.712. The minimum absolute atomic E-state index is 0.870. The Hall–Kier alpha value is -2.04. The second-order valence-electron chi connectivity index (χ2n) is 6.44. The Morgan fingerprint density at radius 1 is 1.22 bits per heavy atom. The van der Waals surface area contributed by atoms with Crippen molar-refractivity contribution in [1.82, 2.24) is 14.8 Å². The third-order valence-electron chi connectivity index (χ3n) is 4.46. The molecule has 3 rings (SSSR count). The number of hydrogen-bond acceptors (Lipinski definition) is 4. The lowest BCUT2D eigenvalue weighted by Crippen LogP contribution is -2.21. The van der Waals surface area contributed by atoms with Crippen LogP contribution in [0.15, 0.2) is 24.4 Å². The standard InChI is InChI=1S/C18H27N5/c1-4-7-16-13-18(22(3)20-16)21(2)14-15-8-9-19-17(12-15)23-10-5-6-11-23/h8-9,12-13H,4-7,10-11,14H2,1-3H3. The first-order valence-corrected chi connectivity index (χ1v) is 8.61. The van der Waals surface area contributed by atoms with Crippen molar-refractivity contribution in [1.29, 1.82) is 0 Å². The van der Waals surface area contributed by atoms with E-state index in [-0.39, 0.29) is 0 Å². The highest BCUT2D eigenvalue weighted by atomic mass is 15.4. The Labute approximate surface area is 138 Å². The molecule has 2 aromatic heterocycles. The zero-order valence-electron chi connectivity index (χ0n) is 14.5. The van der Waals surface area contributed by atoms with E-state index in [0.29, 0.717) is 0 Å². The fourth-order valence-corrected chi connectivity index (χ4v) is 3.28. The SMILES string of the molecule is CCCc1cc(N(C)Cc2ccnc(N3CCCC3)c2)n(C)n1. The number of aromatic nitrogens is 3. The zero-order valence-corrected chi connectivity index (χ0v) is 14.5. The van der Waals surface area contributed by atoms with E-state index in [1.54, 1.807) is 0 Å². The molecule has 1 aliphatic heterocycles. The summed E-state index contributed by atoms with van der Waals surface area (Å²) in [6.07, 6.45) is 6.66. The first-order chi connectivity index (χ1) is 11.2. The number of nitrogens with zero attached hydrogens (tertiary/aromatic N) is 5. The Morgan fingerprint density at radius 3 is 2.74 bits per heavy atom. The molecule has 1 aliphatic rings. The van der Waals surface area contributed by atoms with E-state index in [9.17, 15) is 0 Å². The van der Waals surface area contributed by atoms with E-state index in [0.717, 1.165) is 44.1 Å². The summed E-state index contributed by atoms with van der Waals surface area (Å²) in [5, 5.41) is 4.60. The van der Waals surface area contributed by atoms with Gasteiger partial charge in [0, 0.05) is 46.0 Å². The van der Waals surface area contributed by atoms with Gasteiger partial charge in [-0.1, -0.05) is 13.3 Å². The van der Waals surface area contributed by atoms with Crippen LogP contribution < -0.4 is 9.80 Å². The molecule has 0 aliphatic carbocycles. The molecule has 3 heterocycles. The Kier molecular flexibility index (Phi) is 4.84. The van der Waals surface area contributed by atoms with Gasteiger partial charge < -0.3 is 9.80 Å². The van der Waals surface area contributed by atoms with Crippen molar-refractivity contribution in [2.45, 2.75) is 39.2 Å². The molecule has 0 unspecified atom stereocenters. The molecule has 124 valence electrons. The highest BCUT2D eigenvalue weighted by Gasteiger charge is 2.15. The average Bonchev–Trinajstić information content (AvgIpc) is 3.18. The van der Waals surface area contributed by atoms with Crippen LogP contribution in [0.5, 0.6) is 0 Å². The maximum absolute atomic E-state index is 4.60. The van der Waals surface area contributed by atoms with Crippen LogP contribution in [-0.4, -0.2) is 34.9 Å². The highest BCUT2D eigenvalue weighted by molar-refractivity contribution is 5.45. The van der Waals surface area contributed by atoms with Gasteiger partial charge in [0.05, 0.1) is 5.69 Å². The first-order valence-electron chi connectivity index (χ1n) is 8.61. The molecule has 0 bridgehead atoms. The van der Waals surface area contributed by atoms with Crippen molar-refractivity contribution in [2.24, 2.45) is 7.05 Å². The summed E-state index contributed by atoms with van der Waals surface area (Å²) in [6.45, 7) is 5.33. The molecular formula is C18H27N5. The van der Waals surface area contributed by atoms with E-state index in [1.807, 2.05) is 17.9 Å². The topological polar surface area (TPSA) is 37.2 Å². The third-order valence-corrected chi connectivity index (χ3v) is 4.46. The van der Waals surface area contributed by atoms with E-state index >= 15 is 0 Å². The molecule has 1 saturated heterocycles. The normalized spacial score (nSPS) is 14.5. The molecule has 0 atom stereocenters. The molecule has 0 saturated carbocycles. The minimum Gasteiger partial charge on any atom is -0.357 e. The predicted octanol–water partition coefficient (Wildman–Crippen LogP) is 3.00. The summed E-state index contributed by atoms with van der Waals surface area (Å²) < 4.78 is 1.98. The fourth-order valence-electron chi connectivity index (χ4n) is 3.28. The summed E-state index contributed by atoms with van der Waals surface area (Å²) >= 11 is 0. The van der Waals surface area contributed by atoms with Crippen LogP contribution in [0.25, 0.3) is 0 Å². The minimum atomic E-state index is 0.870. The number of anilines is 2. The van der Waals surface area contributed by atoms with E-state index in [4.69, 9.17) is 0 Å². The van der Waals surface area contributed by atoms with Gasteiger partial charge in [0.2, 0.25) is 0 Å². The highest BCUT2D eigenvalue weighted by Crippen LogP contribution is 2.21. The molecule has 0 N–H and O–H groups in total. The van der Waals surface area contributed by atoms with Crippen LogP contribution in [0.1, 0.15) is 37.4 Å². The Balaban J connectivity index is 1.72. The van der Waals surface area contributed by atoms with Gasteiger partial charge in [0.15, 0.2) is 0 Å². The van der Waals surface area contributed by atoms with Gasteiger partial charge in [-0.25, -0.2) is 4.98 Å². The largest absolute Gasteiger partial charge is 0.357 e. The van der Waals surface area contributed by atoms with Crippen LogP contribution in [0.2, 0.25) is 0 Å². The number of pyridine rings is 1. The monoisotopic (exact) mass is 313 g/mol. The van der Waals surface area contributed by atoms with Gasteiger partial charge in [0.1, 0.15) is 11.6 Å². The van der Waals surface area contributed by atoms with Crippen molar-refractivity contribution in [3.05, 3.63) is 35.7 Å². The lowest BCUT2D eigenvalue weighted by atomic mass is 10.2. The summed E-state index contributed by atoms with van der Waals surface area (Å²) in [6, 6.07) is 6.54. The summed E-state index contributed by atoms with van der Waals surface area (Å²) in [5.41, 5.74) is 2.46. The maximum Gasteiger partial charge on any atom is 0.128 e. The molecule has 1 fully saturated rings. The van der Waals surface area contributed by atoms with Crippen molar-refractivity contribution in [2.75, 3.05) is 29.9 Å². The molecule has 5 nitrogen and oxygen atoms in total. The lowest BCUT2D eigenvalue weighted by Gasteiger charge is -2.21. The molecule has 23 heavy (non-hydrogen) atoms. The van der Waals surface area contributed by atoms with Gasteiger partial charge in [0.25, 0.3) is 0 Å². The third kappa shape index (κ3) is 3.66. The van der Waals surface area contributed by atoms with Gasteiger partial charge in [-0.3, -0.25) is 4.68 Å². The zero-order chi connectivity index (χ0) is 16.2. The fraction of sp³-hybridized carbons (Fsp3) is 0.556. The van der Waals surface area contributed by atoms with E-state index in [2.05, 4.69) is 52.1 Å². The van der Waals surface area contributed by atoms with Gasteiger partial charge in [-0.2, -0.15) is 5.10 Å². The number of rotatable bonds is 6. The van der Waals surface area contributed by atoms with Gasteiger partial charge in [-0.05, 0) is 37.0 Å². The van der Waals surface area contributed by atoms with Crippen LogP contribution in [-0.2, 0) is 20.0 Å². The van der Waals surface area contributed by atoms with Gasteiger partial charge >= 0.3 is 0 Å². The summed E-state index contributed by atoms with van der Waals surface area (Å²) in [5.74, 6) is 2.28. The molecule has 0 aromatic carbocycles. The Bertz CT molecular complexity index is 643. The quantitative estimate of drug-likeness (QED) is 0.821. The summed E-state index contributed by atoms with van der Waals surface area (Å²) in [7, 11) is 4.15. The number of aryl methyl sites for hydroxylation is 2. The molecule has 5 heteroatoms. The molecule has 2 aromatic rings. The van der Waals surface area contributed by atoms with Crippen LogP contribution in [0, 0.1) is 0 Å². The molecule has 0 amide bonds. The smallest absolute Gasteiger partial charge is 0.128 e. The molecule has 0 spiro atoms. The van der Waals surface area contributed by atoms with Crippen molar-refractivity contribution >= 4 is 11.6 Å². The van der Waals surface area contributed by atoms with Crippen molar-refractivity contribution < 1.29 is 0 Å². The van der Waals surface area contributed by atoms with Crippen LogP contribution in [0.3, 0.4) is 0 Å². The Morgan fingerprint density at radius 2 is 2.00 bits per heavy atom. The van der Waals surface area contributed by atoms with Crippen LogP contribution in [0.4, 0.5) is 11.6 Å². The van der Waals surface area contributed by atoms with Crippen LogP contribution >= 0.6 is 0 Å². The van der Waals surface area contributed by atoms with Gasteiger partial charge in [-0.15, -0.1) is 0 Å². The van der Waals surface area contributed by atoms with E-state index in [1.165, 1.54) is 24.1 Å². The maximum atomic E-state index is 4.60. The van der Waals surface area contributed by atoms with E-state index < -0.39 is 0 Å². The first kappa shape index (κ1) is 15.8. The second-order valence-corrected chi connectivity index (χ2v) is 6.44. The molecular weight excluding hydrogens is 286 g/mol. The summed E-state index contributed by atoms with van der Waals surface area (Å²) in [4.78, 5) is 9.18. The van der Waals surface area contributed by atoms with Crippen molar-refractivity contribution in [3.8, 4) is 0 Å². The molecule has 0 radical (unpaired) electrons. The number of hydrogen-bond donors (Lipinski definition) is 0. The second kappa shape index (κ2) is 7.02. The predicted molar refractivity (Wildman–Crippen MR) is 95.0 cm³/mol. The van der Waals surface area contributed by atoms with Crippen molar-refractivity contribution in [3.63, 3.8) is 0 Å². The average molecular weight is 313 g/mol.